The molecular weight excluding hydrogens is 230 g/mol. The minimum Gasteiger partial charge on any atom is -0.364 e. The van der Waals surface area contributed by atoms with Gasteiger partial charge in [0, 0.05) is 38.2 Å². The fourth-order valence-corrected chi connectivity index (χ4v) is 2.27. The quantitative estimate of drug-likeness (QED) is 0.886. The number of rotatable bonds is 4. The molecule has 1 heterocycles. The van der Waals surface area contributed by atoms with E-state index in [1.54, 1.807) is 11.8 Å². The van der Waals surface area contributed by atoms with Crippen LogP contribution in [0.5, 0.6) is 0 Å². The Kier molecular flexibility index (Phi) is 4.09. The summed E-state index contributed by atoms with van der Waals surface area (Å²) in [5, 5.41) is 4.51. The second-order valence-corrected chi connectivity index (χ2v) is 5.10. The van der Waals surface area contributed by atoms with E-state index in [1.807, 2.05) is 32.3 Å². The minimum atomic E-state index is 0.933. The largest absolute Gasteiger partial charge is 0.364 e. The Bertz CT molecular complexity index is 424. The van der Waals surface area contributed by atoms with Gasteiger partial charge >= 0.3 is 0 Å². The molecule has 0 saturated heterocycles. The standard InChI is InChI=1S/C13H17N3S/c1-16(2)12(10-13-14-8-9-17-13)15-11-6-4-3-5-7-11/h3-7,10,15H,8-9H2,1-2H3. The zero-order valence-electron chi connectivity index (χ0n) is 10.2. The highest BCUT2D eigenvalue weighted by atomic mass is 32.2. The summed E-state index contributed by atoms with van der Waals surface area (Å²) in [5.74, 6) is 2.15. The molecule has 0 bridgehead atoms. The first kappa shape index (κ1) is 12.0. The molecule has 0 saturated carbocycles. The third-order valence-electron chi connectivity index (χ3n) is 2.40. The first-order chi connectivity index (χ1) is 8.25. The molecule has 2 rings (SSSR count). The molecule has 0 radical (unpaired) electrons. The number of benzene rings is 1. The monoisotopic (exact) mass is 247 g/mol. The molecule has 0 aliphatic carbocycles. The van der Waals surface area contributed by atoms with Gasteiger partial charge in [0.15, 0.2) is 0 Å². The molecule has 0 unspecified atom stereocenters. The molecule has 0 atom stereocenters. The van der Waals surface area contributed by atoms with E-state index in [1.165, 1.54) is 0 Å². The van der Waals surface area contributed by atoms with Crippen LogP contribution in [0.1, 0.15) is 0 Å². The summed E-state index contributed by atoms with van der Waals surface area (Å²) in [4.78, 5) is 6.50. The molecule has 17 heavy (non-hydrogen) atoms. The highest BCUT2D eigenvalue weighted by Gasteiger charge is 2.07. The van der Waals surface area contributed by atoms with Gasteiger partial charge in [-0.05, 0) is 12.1 Å². The number of aliphatic imine (C=N–C) groups is 1. The summed E-state index contributed by atoms with van der Waals surface area (Å²) < 4.78 is 0. The molecule has 90 valence electrons. The SMILES string of the molecule is CN(C)C(=CC1=NCCS1)Nc1ccccc1. The maximum atomic E-state index is 4.44. The van der Waals surface area contributed by atoms with Crippen LogP contribution in [-0.4, -0.2) is 36.3 Å². The van der Waals surface area contributed by atoms with Gasteiger partial charge < -0.3 is 10.2 Å². The third-order valence-corrected chi connectivity index (χ3v) is 3.33. The summed E-state index contributed by atoms with van der Waals surface area (Å²) in [6.07, 6.45) is 2.10. The van der Waals surface area contributed by atoms with Crippen LogP contribution in [0, 0.1) is 0 Å². The molecule has 3 nitrogen and oxygen atoms in total. The van der Waals surface area contributed by atoms with Crippen molar-refractivity contribution >= 4 is 22.5 Å². The first-order valence-electron chi connectivity index (χ1n) is 5.64. The number of nitrogens with one attached hydrogen (secondary N) is 1. The molecule has 0 aromatic heterocycles. The van der Waals surface area contributed by atoms with Crippen molar-refractivity contribution in [3.05, 3.63) is 42.2 Å². The zero-order valence-corrected chi connectivity index (χ0v) is 11.0. The van der Waals surface area contributed by atoms with Gasteiger partial charge in [-0.25, -0.2) is 0 Å². The number of hydrogen-bond acceptors (Lipinski definition) is 4. The molecule has 0 spiro atoms. The Morgan fingerprint density at radius 2 is 2.12 bits per heavy atom. The third kappa shape index (κ3) is 3.53. The molecule has 1 aliphatic heterocycles. The minimum absolute atomic E-state index is 0.933. The Morgan fingerprint density at radius 1 is 1.35 bits per heavy atom. The fraction of sp³-hybridized carbons (Fsp3) is 0.308. The second-order valence-electron chi connectivity index (χ2n) is 3.98. The van der Waals surface area contributed by atoms with Crippen molar-refractivity contribution in [2.24, 2.45) is 4.99 Å². The molecule has 1 aromatic rings. The molecule has 1 N–H and O–H groups in total. The number of hydrogen-bond donors (Lipinski definition) is 1. The van der Waals surface area contributed by atoms with Crippen LogP contribution in [0.15, 0.2) is 47.2 Å². The maximum Gasteiger partial charge on any atom is 0.108 e. The normalized spacial score (nSPS) is 15.6. The van der Waals surface area contributed by atoms with Gasteiger partial charge in [-0.2, -0.15) is 0 Å². The van der Waals surface area contributed by atoms with Crippen LogP contribution in [0.25, 0.3) is 0 Å². The van der Waals surface area contributed by atoms with E-state index in [0.29, 0.717) is 0 Å². The van der Waals surface area contributed by atoms with Gasteiger partial charge in [0.2, 0.25) is 0 Å². The lowest BCUT2D eigenvalue weighted by molar-refractivity contribution is 0.519. The molecule has 4 heteroatoms. The van der Waals surface area contributed by atoms with Crippen LogP contribution in [0.2, 0.25) is 0 Å². The van der Waals surface area contributed by atoms with Gasteiger partial charge in [0.1, 0.15) is 5.82 Å². The van der Waals surface area contributed by atoms with Crippen molar-refractivity contribution in [2.75, 3.05) is 31.7 Å². The van der Waals surface area contributed by atoms with Crippen molar-refractivity contribution in [2.45, 2.75) is 0 Å². The maximum absolute atomic E-state index is 4.44. The Labute approximate surface area is 107 Å². The number of anilines is 1. The van der Waals surface area contributed by atoms with E-state index in [2.05, 4.69) is 33.4 Å². The molecule has 1 aromatic carbocycles. The highest BCUT2D eigenvalue weighted by Crippen LogP contribution is 2.16. The predicted octanol–water partition coefficient (Wildman–Crippen LogP) is 2.65. The molecule has 1 aliphatic rings. The van der Waals surface area contributed by atoms with Crippen LogP contribution in [0.3, 0.4) is 0 Å². The van der Waals surface area contributed by atoms with Crippen molar-refractivity contribution in [1.29, 1.82) is 0 Å². The van der Waals surface area contributed by atoms with Gasteiger partial charge in [0.05, 0.1) is 5.04 Å². The van der Waals surface area contributed by atoms with Crippen LogP contribution in [0.4, 0.5) is 5.69 Å². The van der Waals surface area contributed by atoms with E-state index >= 15 is 0 Å². The van der Waals surface area contributed by atoms with Crippen molar-refractivity contribution in [3.8, 4) is 0 Å². The number of nitrogens with zero attached hydrogens (tertiary/aromatic N) is 2. The first-order valence-corrected chi connectivity index (χ1v) is 6.62. The topological polar surface area (TPSA) is 27.6 Å². The fourth-order valence-electron chi connectivity index (χ4n) is 1.50. The number of thioether (sulfide) groups is 1. The predicted molar refractivity (Wildman–Crippen MR) is 76.6 cm³/mol. The Hall–Kier alpha value is -1.42. The lowest BCUT2D eigenvalue weighted by Gasteiger charge is -2.19. The summed E-state index contributed by atoms with van der Waals surface area (Å²) in [6.45, 7) is 0.933. The summed E-state index contributed by atoms with van der Waals surface area (Å²) in [6, 6.07) is 10.2. The Morgan fingerprint density at radius 3 is 2.71 bits per heavy atom. The van der Waals surface area contributed by atoms with E-state index < -0.39 is 0 Å². The van der Waals surface area contributed by atoms with Gasteiger partial charge in [-0.1, -0.05) is 18.2 Å². The lowest BCUT2D eigenvalue weighted by atomic mass is 10.3. The van der Waals surface area contributed by atoms with Crippen molar-refractivity contribution < 1.29 is 0 Å². The summed E-state index contributed by atoms with van der Waals surface area (Å²) in [5.41, 5.74) is 1.09. The second kappa shape index (κ2) is 5.77. The van der Waals surface area contributed by atoms with Crippen LogP contribution < -0.4 is 5.32 Å². The average molecular weight is 247 g/mol. The smallest absolute Gasteiger partial charge is 0.108 e. The van der Waals surface area contributed by atoms with E-state index in [-0.39, 0.29) is 0 Å². The molecular formula is C13H17N3S. The average Bonchev–Trinajstić information content (AvgIpc) is 2.82. The van der Waals surface area contributed by atoms with Gasteiger partial charge in [0.25, 0.3) is 0 Å². The highest BCUT2D eigenvalue weighted by molar-refractivity contribution is 8.14. The van der Waals surface area contributed by atoms with E-state index in [9.17, 15) is 0 Å². The van der Waals surface area contributed by atoms with Crippen LogP contribution >= 0.6 is 11.8 Å². The summed E-state index contributed by atoms with van der Waals surface area (Å²) in [7, 11) is 4.06. The van der Waals surface area contributed by atoms with Crippen molar-refractivity contribution in [1.82, 2.24) is 4.90 Å². The van der Waals surface area contributed by atoms with E-state index in [0.717, 1.165) is 28.8 Å². The van der Waals surface area contributed by atoms with Gasteiger partial charge in [-0.3, -0.25) is 4.99 Å². The molecule has 0 fully saturated rings. The van der Waals surface area contributed by atoms with E-state index in [4.69, 9.17) is 0 Å². The van der Waals surface area contributed by atoms with Gasteiger partial charge in [-0.15, -0.1) is 11.8 Å². The van der Waals surface area contributed by atoms with Crippen molar-refractivity contribution in [3.63, 3.8) is 0 Å². The zero-order chi connectivity index (χ0) is 12.1. The number of para-hydroxylation sites is 1. The molecule has 0 amide bonds. The van der Waals surface area contributed by atoms with Crippen LogP contribution in [-0.2, 0) is 0 Å². The lowest BCUT2D eigenvalue weighted by Crippen LogP contribution is -2.19. The summed E-state index contributed by atoms with van der Waals surface area (Å²) >= 11 is 1.81. The Balaban J connectivity index is 2.13.